The van der Waals surface area contributed by atoms with Crippen LogP contribution in [-0.4, -0.2) is 23.7 Å². The second-order valence-corrected chi connectivity index (χ2v) is 4.82. The van der Waals surface area contributed by atoms with Gasteiger partial charge in [0, 0.05) is 12.1 Å². The number of rotatable bonds is 7. The predicted octanol–water partition coefficient (Wildman–Crippen LogP) is 2.42. The van der Waals surface area contributed by atoms with Gasteiger partial charge in [-0.25, -0.2) is 8.78 Å². The van der Waals surface area contributed by atoms with Gasteiger partial charge in [-0.05, 0) is 18.1 Å². The molecule has 0 aliphatic carbocycles. The van der Waals surface area contributed by atoms with E-state index in [0.29, 0.717) is 0 Å². The molecule has 1 amide bonds. The van der Waals surface area contributed by atoms with Crippen molar-refractivity contribution in [3.8, 4) is 0 Å². The summed E-state index contributed by atoms with van der Waals surface area (Å²) in [5.74, 6) is -1.86. The second kappa shape index (κ2) is 7.94. The SMILES string of the molecule is CCC(CC)C(O)CNC(=O)Cc1c(F)cccc1F. The molecule has 20 heavy (non-hydrogen) atoms. The van der Waals surface area contributed by atoms with Crippen molar-refractivity contribution < 1.29 is 18.7 Å². The van der Waals surface area contributed by atoms with Crippen LogP contribution in [0.1, 0.15) is 32.3 Å². The molecule has 0 radical (unpaired) electrons. The monoisotopic (exact) mass is 285 g/mol. The molecule has 0 saturated carbocycles. The topological polar surface area (TPSA) is 49.3 Å². The maximum Gasteiger partial charge on any atom is 0.224 e. The summed E-state index contributed by atoms with van der Waals surface area (Å²) in [5.41, 5.74) is -0.248. The molecule has 1 unspecified atom stereocenters. The second-order valence-electron chi connectivity index (χ2n) is 4.82. The number of nitrogens with one attached hydrogen (secondary N) is 1. The first-order valence-corrected chi connectivity index (χ1v) is 6.87. The lowest BCUT2D eigenvalue weighted by Gasteiger charge is -2.20. The van der Waals surface area contributed by atoms with Gasteiger partial charge >= 0.3 is 0 Å². The summed E-state index contributed by atoms with van der Waals surface area (Å²) in [5, 5.41) is 12.4. The van der Waals surface area contributed by atoms with Crippen LogP contribution in [0.25, 0.3) is 0 Å². The average molecular weight is 285 g/mol. The molecule has 3 nitrogen and oxygen atoms in total. The summed E-state index contributed by atoms with van der Waals surface area (Å²) in [6.45, 7) is 4.03. The van der Waals surface area contributed by atoms with E-state index < -0.39 is 23.6 Å². The van der Waals surface area contributed by atoms with Gasteiger partial charge in [0.05, 0.1) is 12.5 Å². The van der Waals surface area contributed by atoms with Gasteiger partial charge in [-0.15, -0.1) is 0 Å². The largest absolute Gasteiger partial charge is 0.391 e. The zero-order valence-electron chi connectivity index (χ0n) is 11.8. The van der Waals surface area contributed by atoms with Gasteiger partial charge in [-0.2, -0.15) is 0 Å². The molecule has 1 aromatic carbocycles. The molecule has 1 aromatic rings. The van der Waals surface area contributed by atoms with Crippen LogP contribution in [0.4, 0.5) is 8.78 Å². The minimum Gasteiger partial charge on any atom is -0.391 e. The molecule has 0 aliphatic rings. The molecule has 0 fully saturated rings. The zero-order valence-corrected chi connectivity index (χ0v) is 11.8. The van der Waals surface area contributed by atoms with Crippen molar-refractivity contribution in [1.82, 2.24) is 5.32 Å². The number of aliphatic hydroxyl groups excluding tert-OH is 1. The molecular formula is C15H21F2NO2. The van der Waals surface area contributed by atoms with E-state index >= 15 is 0 Å². The fourth-order valence-corrected chi connectivity index (χ4v) is 2.14. The van der Waals surface area contributed by atoms with Gasteiger partial charge in [-0.3, -0.25) is 4.79 Å². The van der Waals surface area contributed by atoms with Crippen LogP contribution >= 0.6 is 0 Å². The van der Waals surface area contributed by atoms with Crippen molar-refractivity contribution in [2.24, 2.45) is 5.92 Å². The number of carbonyl (C=O) groups excluding carboxylic acids is 1. The average Bonchev–Trinajstić information content (AvgIpc) is 2.42. The number of hydrogen-bond donors (Lipinski definition) is 2. The number of aliphatic hydroxyl groups is 1. The van der Waals surface area contributed by atoms with Crippen molar-refractivity contribution in [3.05, 3.63) is 35.4 Å². The van der Waals surface area contributed by atoms with Crippen molar-refractivity contribution in [2.75, 3.05) is 6.54 Å². The summed E-state index contributed by atoms with van der Waals surface area (Å²) in [7, 11) is 0. The van der Waals surface area contributed by atoms with Crippen molar-refractivity contribution >= 4 is 5.91 Å². The summed E-state index contributed by atoms with van der Waals surface area (Å²) < 4.78 is 26.8. The molecule has 0 saturated heterocycles. The van der Waals surface area contributed by atoms with E-state index in [4.69, 9.17) is 0 Å². The third-order valence-corrected chi connectivity index (χ3v) is 3.50. The molecule has 112 valence electrons. The normalized spacial score (nSPS) is 12.5. The molecule has 0 bridgehead atoms. The fraction of sp³-hybridized carbons (Fsp3) is 0.533. The van der Waals surface area contributed by atoms with E-state index in [1.54, 1.807) is 0 Å². The molecule has 0 spiro atoms. The highest BCUT2D eigenvalue weighted by Crippen LogP contribution is 2.14. The van der Waals surface area contributed by atoms with E-state index in [0.717, 1.165) is 25.0 Å². The predicted molar refractivity (Wildman–Crippen MR) is 73.2 cm³/mol. The lowest BCUT2D eigenvalue weighted by Crippen LogP contribution is -2.37. The highest BCUT2D eigenvalue weighted by Gasteiger charge is 2.17. The molecular weight excluding hydrogens is 264 g/mol. The Balaban J connectivity index is 2.52. The lowest BCUT2D eigenvalue weighted by atomic mass is 9.96. The Hall–Kier alpha value is -1.49. The van der Waals surface area contributed by atoms with E-state index in [1.165, 1.54) is 6.07 Å². The van der Waals surface area contributed by atoms with E-state index in [-0.39, 0.29) is 24.4 Å². The number of halogens is 2. The maximum atomic E-state index is 13.4. The van der Waals surface area contributed by atoms with Crippen LogP contribution in [0.2, 0.25) is 0 Å². The first-order valence-electron chi connectivity index (χ1n) is 6.87. The molecule has 0 aliphatic heterocycles. The highest BCUT2D eigenvalue weighted by molar-refractivity contribution is 5.78. The van der Waals surface area contributed by atoms with Gasteiger partial charge in [0.25, 0.3) is 0 Å². The molecule has 5 heteroatoms. The quantitative estimate of drug-likeness (QED) is 0.808. The first-order chi connectivity index (χ1) is 9.49. The standard InChI is InChI=1S/C15H21F2NO2/c1-3-10(4-2)14(19)9-18-15(20)8-11-12(16)6-5-7-13(11)17/h5-7,10,14,19H,3-4,8-9H2,1-2H3,(H,18,20). The Kier molecular flexibility index (Phi) is 6.58. The van der Waals surface area contributed by atoms with Crippen molar-refractivity contribution in [2.45, 2.75) is 39.2 Å². The van der Waals surface area contributed by atoms with Crippen LogP contribution in [0.3, 0.4) is 0 Å². The Labute approximate surface area is 118 Å². The molecule has 0 heterocycles. The molecule has 2 N–H and O–H groups in total. The van der Waals surface area contributed by atoms with Gasteiger partial charge in [0.1, 0.15) is 11.6 Å². The molecule has 1 rings (SSSR count). The minimum atomic E-state index is -0.735. The van der Waals surface area contributed by atoms with Crippen LogP contribution < -0.4 is 5.32 Å². The fourth-order valence-electron chi connectivity index (χ4n) is 2.14. The minimum absolute atomic E-state index is 0.0985. The Morgan fingerprint density at radius 2 is 1.80 bits per heavy atom. The number of carbonyl (C=O) groups is 1. The molecule has 0 aromatic heterocycles. The Bertz CT molecular complexity index is 427. The smallest absolute Gasteiger partial charge is 0.224 e. The van der Waals surface area contributed by atoms with Crippen LogP contribution in [-0.2, 0) is 11.2 Å². The molecule has 1 atom stereocenters. The van der Waals surface area contributed by atoms with Gasteiger partial charge in [0.15, 0.2) is 0 Å². The first kappa shape index (κ1) is 16.6. The maximum absolute atomic E-state index is 13.4. The van der Waals surface area contributed by atoms with Crippen LogP contribution in [0.15, 0.2) is 18.2 Å². The third-order valence-electron chi connectivity index (χ3n) is 3.50. The lowest BCUT2D eigenvalue weighted by molar-refractivity contribution is -0.121. The summed E-state index contributed by atoms with van der Waals surface area (Å²) in [6, 6.07) is 3.48. The number of hydrogen-bond acceptors (Lipinski definition) is 2. The van der Waals surface area contributed by atoms with Crippen molar-refractivity contribution in [1.29, 1.82) is 0 Å². The van der Waals surface area contributed by atoms with E-state index in [1.807, 2.05) is 13.8 Å². The van der Waals surface area contributed by atoms with Crippen LogP contribution in [0, 0.1) is 17.6 Å². The summed E-state index contributed by atoms with van der Waals surface area (Å²) in [4.78, 5) is 11.7. The van der Waals surface area contributed by atoms with Gasteiger partial charge in [-0.1, -0.05) is 32.8 Å². The zero-order chi connectivity index (χ0) is 15.1. The van der Waals surface area contributed by atoms with Gasteiger partial charge < -0.3 is 10.4 Å². The van der Waals surface area contributed by atoms with Gasteiger partial charge in [0.2, 0.25) is 5.91 Å². The Morgan fingerprint density at radius 3 is 2.30 bits per heavy atom. The number of benzene rings is 1. The highest BCUT2D eigenvalue weighted by atomic mass is 19.1. The van der Waals surface area contributed by atoms with E-state index in [2.05, 4.69) is 5.32 Å². The third kappa shape index (κ3) is 4.56. The van der Waals surface area contributed by atoms with Crippen molar-refractivity contribution in [3.63, 3.8) is 0 Å². The number of amides is 1. The Morgan fingerprint density at radius 1 is 1.25 bits per heavy atom. The summed E-state index contributed by atoms with van der Waals surface area (Å²) in [6.07, 6.45) is 0.624. The van der Waals surface area contributed by atoms with Crippen LogP contribution in [0.5, 0.6) is 0 Å². The van der Waals surface area contributed by atoms with E-state index in [9.17, 15) is 18.7 Å². The summed E-state index contributed by atoms with van der Waals surface area (Å²) >= 11 is 0.